The molecule has 0 aliphatic heterocycles. The number of rotatable bonds is 4. The molecule has 184 valence electrons. The van der Waals surface area contributed by atoms with Crippen LogP contribution < -0.4 is 22.2 Å². The molecule has 0 radical (unpaired) electrons. The molecule has 0 atom stereocenters. The predicted molar refractivity (Wildman–Crippen MR) is 117 cm³/mol. The minimum absolute atomic E-state index is 0.180. The highest BCUT2D eigenvalue weighted by Crippen LogP contribution is 2.28. The van der Waals surface area contributed by atoms with Crippen molar-refractivity contribution in [1.82, 2.24) is 19.9 Å². The number of benzene rings is 2. The molecule has 4 rings (SSSR count). The standard InChI is InChI=1S/2C8H4N4O6/c2*13-7-8(14)10-6-4(9-7)1-3(11(15)16)2-5(6)12(17)18/h2*1-2H,(H,9,13)(H,10,14). The Morgan fingerprint density at radius 3 is 1.06 bits per heavy atom. The van der Waals surface area contributed by atoms with Crippen LogP contribution in [0.5, 0.6) is 0 Å². The van der Waals surface area contributed by atoms with Crippen molar-refractivity contribution in [3.8, 4) is 0 Å². The van der Waals surface area contributed by atoms with Gasteiger partial charge in [0, 0.05) is 12.1 Å². The third kappa shape index (κ3) is 4.66. The second kappa shape index (κ2) is 9.05. The number of H-pyrrole nitrogens is 4. The average molecular weight is 504 g/mol. The Labute approximate surface area is 191 Å². The minimum Gasteiger partial charge on any atom is -0.315 e. The summed E-state index contributed by atoms with van der Waals surface area (Å²) in [6, 6.07) is 3.27. The molecule has 4 N–H and O–H groups in total. The molecule has 0 aliphatic rings. The lowest BCUT2D eigenvalue weighted by molar-refractivity contribution is -0.393. The fourth-order valence-electron chi connectivity index (χ4n) is 2.88. The molecule has 0 saturated carbocycles. The molecular weight excluding hydrogens is 496 g/mol. The third-order valence-electron chi connectivity index (χ3n) is 4.41. The van der Waals surface area contributed by atoms with E-state index in [-0.39, 0.29) is 22.1 Å². The Hall–Kier alpha value is -6.08. The Morgan fingerprint density at radius 1 is 0.472 bits per heavy atom. The van der Waals surface area contributed by atoms with Crippen LogP contribution in [0, 0.1) is 40.5 Å². The van der Waals surface area contributed by atoms with E-state index in [2.05, 4.69) is 0 Å². The van der Waals surface area contributed by atoms with Crippen LogP contribution in [0.2, 0.25) is 0 Å². The first-order valence-electron chi connectivity index (χ1n) is 8.98. The van der Waals surface area contributed by atoms with Gasteiger partial charge in [-0.2, -0.15) is 0 Å². The molecule has 2 heterocycles. The van der Waals surface area contributed by atoms with E-state index >= 15 is 0 Å². The van der Waals surface area contributed by atoms with Gasteiger partial charge in [-0.05, 0) is 0 Å². The molecule has 0 fully saturated rings. The summed E-state index contributed by atoms with van der Waals surface area (Å²) in [5, 5.41) is 42.7. The largest absolute Gasteiger partial charge is 0.315 e. The fourth-order valence-corrected chi connectivity index (χ4v) is 2.88. The summed E-state index contributed by atoms with van der Waals surface area (Å²) in [7, 11) is 0. The van der Waals surface area contributed by atoms with Gasteiger partial charge in [-0.25, -0.2) is 0 Å². The lowest BCUT2D eigenvalue weighted by Gasteiger charge is -1.99. The Kier molecular flexibility index (Phi) is 6.17. The summed E-state index contributed by atoms with van der Waals surface area (Å²) in [5.74, 6) is 0. The van der Waals surface area contributed by atoms with E-state index < -0.39 is 64.7 Å². The zero-order valence-corrected chi connectivity index (χ0v) is 17.0. The van der Waals surface area contributed by atoms with Gasteiger partial charge >= 0.3 is 33.6 Å². The van der Waals surface area contributed by atoms with Gasteiger partial charge in [-0.3, -0.25) is 59.6 Å². The number of nitro groups is 4. The molecule has 36 heavy (non-hydrogen) atoms. The first-order chi connectivity index (χ1) is 16.8. The number of aromatic amines is 4. The number of nitrogens with zero attached hydrogens (tertiary/aromatic N) is 4. The smallest absolute Gasteiger partial charge is 0.314 e. The number of hydrogen-bond donors (Lipinski definition) is 4. The van der Waals surface area contributed by atoms with E-state index in [4.69, 9.17) is 0 Å². The van der Waals surface area contributed by atoms with Crippen LogP contribution in [0.4, 0.5) is 22.7 Å². The molecular formula is C16H8N8O12. The van der Waals surface area contributed by atoms with Gasteiger partial charge in [0.25, 0.3) is 11.4 Å². The monoisotopic (exact) mass is 504 g/mol. The van der Waals surface area contributed by atoms with Gasteiger partial charge in [-0.1, -0.05) is 0 Å². The molecule has 0 spiro atoms. The van der Waals surface area contributed by atoms with E-state index in [1.807, 2.05) is 19.9 Å². The third-order valence-corrected chi connectivity index (χ3v) is 4.41. The van der Waals surface area contributed by atoms with Crippen LogP contribution in [0.1, 0.15) is 0 Å². The number of nitrogens with one attached hydrogen (secondary N) is 4. The van der Waals surface area contributed by atoms with E-state index in [0.717, 1.165) is 12.1 Å². The summed E-state index contributed by atoms with van der Waals surface area (Å²) in [6.07, 6.45) is 0. The van der Waals surface area contributed by atoms with Crippen molar-refractivity contribution in [3.05, 3.63) is 106 Å². The molecule has 20 nitrogen and oxygen atoms in total. The van der Waals surface area contributed by atoms with Crippen molar-refractivity contribution in [2.75, 3.05) is 0 Å². The van der Waals surface area contributed by atoms with Crippen LogP contribution in [-0.2, 0) is 0 Å². The maximum absolute atomic E-state index is 11.1. The van der Waals surface area contributed by atoms with Gasteiger partial charge in [0.15, 0.2) is 0 Å². The second-order valence-corrected chi connectivity index (χ2v) is 6.62. The first kappa shape index (κ1) is 24.6. The van der Waals surface area contributed by atoms with E-state index in [1.165, 1.54) is 0 Å². The molecule has 0 unspecified atom stereocenters. The van der Waals surface area contributed by atoms with Gasteiger partial charge in [0.2, 0.25) is 0 Å². The number of hydrogen-bond acceptors (Lipinski definition) is 12. The highest BCUT2D eigenvalue weighted by molar-refractivity contribution is 5.87. The van der Waals surface area contributed by atoms with Crippen molar-refractivity contribution in [3.63, 3.8) is 0 Å². The van der Waals surface area contributed by atoms with Crippen molar-refractivity contribution in [2.24, 2.45) is 0 Å². The highest BCUT2D eigenvalue weighted by Gasteiger charge is 2.22. The van der Waals surface area contributed by atoms with Crippen molar-refractivity contribution in [2.45, 2.75) is 0 Å². The fraction of sp³-hybridized carbons (Fsp3) is 0. The molecule has 20 heteroatoms. The summed E-state index contributed by atoms with van der Waals surface area (Å²) in [4.78, 5) is 91.6. The summed E-state index contributed by atoms with van der Waals surface area (Å²) in [5.41, 5.74) is -7.56. The second-order valence-electron chi connectivity index (χ2n) is 6.62. The lowest BCUT2D eigenvalue weighted by atomic mass is 10.2. The number of aromatic nitrogens is 4. The van der Waals surface area contributed by atoms with E-state index in [1.54, 1.807) is 0 Å². The van der Waals surface area contributed by atoms with Crippen LogP contribution in [0.25, 0.3) is 22.1 Å². The molecule has 0 amide bonds. The van der Waals surface area contributed by atoms with Gasteiger partial charge in [0.05, 0.1) is 42.9 Å². The topological polar surface area (TPSA) is 304 Å². The van der Waals surface area contributed by atoms with Crippen molar-refractivity contribution >= 4 is 44.8 Å². The zero-order chi connectivity index (χ0) is 26.9. The predicted octanol–water partition coefficient (Wildman–Crippen LogP) is 0.0656. The maximum atomic E-state index is 11.1. The van der Waals surface area contributed by atoms with Gasteiger partial charge in [0.1, 0.15) is 11.0 Å². The van der Waals surface area contributed by atoms with E-state index in [0.29, 0.717) is 12.1 Å². The Morgan fingerprint density at radius 2 is 0.778 bits per heavy atom. The van der Waals surface area contributed by atoms with Crippen LogP contribution in [0.3, 0.4) is 0 Å². The number of non-ortho nitro benzene ring substituents is 4. The molecule has 0 saturated heterocycles. The Bertz CT molecular complexity index is 1710. The summed E-state index contributed by atoms with van der Waals surface area (Å²) >= 11 is 0. The molecule has 0 bridgehead atoms. The Balaban J connectivity index is 0.000000201. The average Bonchev–Trinajstić information content (AvgIpc) is 2.79. The molecule has 2 aromatic carbocycles. The maximum Gasteiger partial charge on any atom is 0.314 e. The SMILES string of the molecule is O=c1[nH]c2cc([N+](=O)[O-])cc([N+](=O)[O-])c2[nH]c1=O.O=c1[nH]c2cc([N+](=O)[O-])cc([N+](=O)[O-])c2[nH]c1=O. The molecule has 4 aromatic rings. The van der Waals surface area contributed by atoms with Crippen molar-refractivity contribution in [1.29, 1.82) is 0 Å². The van der Waals surface area contributed by atoms with Crippen LogP contribution in [-0.4, -0.2) is 39.6 Å². The number of fused-ring (bicyclic) bond motifs is 2. The molecule has 2 aromatic heterocycles. The van der Waals surface area contributed by atoms with Crippen LogP contribution >= 0.6 is 0 Å². The molecule has 0 aliphatic carbocycles. The summed E-state index contributed by atoms with van der Waals surface area (Å²) in [6.45, 7) is 0. The number of nitro benzene ring substituents is 4. The normalized spacial score (nSPS) is 10.4. The van der Waals surface area contributed by atoms with Gasteiger partial charge < -0.3 is 19.9 Å². The van der Waals surface area contributed by atoms with Crippen LogP contribution in [0.15, 0.2) is 43.4 Å². The van der Waals surface area contributed by atoms with E-state index in [9.17, 15) is 59.6 Å². The zero-order valence-electron chi connectivity index (χ0n) is 17.0. The first-order valence-corrected chi connectivity index (χ1v) is 8.98. The highest BCUT2D eigenvalue weighted by atomic mass is 16.6. The minimum atomic E-state index is -1.07. The summed E-state index contributed by atoms with van der Waals surface area (Å²) < 4.78 is 0. The van der Waals surface area contributed by atoms with Gasteiger partial charge in [-0.15, -0.1) is 0 Å². The lowest BCUT2D eigenvalue weighted by Crippen LogP contribution is -2.29. The van der Waals surface area contributed by atoms with Crippen molar-refractivity contribution < 1.29 is 19.7 Å². The quantitative estimate of drug-likeness (QED) is 0.163.